The summed E-state index contributed by atoms with van der Waals surface area (Å²) in [6, 6.07) is 20.0. The van der Waals surface area contributed by atoms with Gasteiger partial charge in [0.1, 0.15) is 0 Å². The largest absolute Gasteiger partial charge is 2.00 e. The Morgan fingerprint density at radius 3 is 0.917 bits per heavy atom. The van der Waals surface area contributed by atoms with E-state index in [1.807, 2.05) is 60.7 Å². The van der Waals surface area contributed by atoms with Gasteiger partial charge in [-0.2, -0.15) is 36.4 Å². The summed E-state index contributed by atoms with van der Waals surface area (Å²) < 4.78 is 0. The van der Waals surface area contributed by atoms with Crippen molar-refractivity contribution in [1.82, 2.24) is 0 Å². The van der Waals surface area contributed by atoms with Crippen molar-refractivity contribution in [2.75, 3.05) is 0 Å². The zero-order valence-corrected chi connectivity index (χ0v) is 9.06. The summed E-state index contributed by atoms with van der Waals surface area (Å²) in [5, 5.41) is 0. The zero-order valence-electron chi connectivity index (χ0n) is 6.68. The molecule has 0 aliphatic rings. The molecule has 2 heteroatoms. The third-order valence-electron chi connectivity index (χ3n) is 1.11. The molecule has 2 rings (SSSR count). The minimum absolute atomic E-state index is 0. The Morgan fingerprint density at radius 2 is 0.833 bits per heavy atom. The van der Waals surface area contributed by atoms with Gasteiger partial charge < -0.3 is 0 Å². The van der Waals surface area contributed by atoms with E-state index in [1.54, 1.807) is 0 Å². The van der Waals surface area contributed by atoms with Gasteiger partial charge in [0.2, 0.25) is 0 Å². The molecule has 0 saturated heterocycles. The van der Waals surface area contributed by atoms with Crippen molar-refractivity contribution in [3.05, 3.63) is 60.7 Å². The van der Waals surface area contributed by atoms with Gasteiger partial charge in [-0.3, -0.25) is 0 Å². The molecule has 0 unspecified atom stereocenters. The van der Waals surface area contributed by atoms with E-state index in [9.17, 15) is 0 Å². The van der Waals surface area contributed by atoms with Crippen molar-refractivity contribution in [2.24, 2.45) is 0 Å². The predicted molar refractivity (Wildman–Crippen MR) is 51.3 cm³/mol. The minimum atomic E-state index is 0. The fourth-order valence-corrected chi connectivity index (χ4v) is 0.642. The first kappa shape index (κ1) is 14.2. The normalized spacial score (nSPS) is 6.67. The average Bonchev–Trinajstić information content (AvgIpc) is 2.67. The van der Waals surface area contributed by atoms with E-state index < -0.39 is 0 Å². The summed E-state index contributed by atoms with van der Waals surface area (Å²) in [5.74, 6) is 0. The molecule has 0 aliphatic carbocycles. The smallest absolute Gasteiger partial charge is 0.214 e. The molecule has 0 aromatic heterocycles. The van der Waals surface area contributed by atoms with Gasteiger partial charge in [0.05, 0.1) is 0 Å². The molecule has 12 heavy (non-hydrogen) atoms. The molecule has 0 nitrogen and oxygen atoms in total. The monoisotopic (exact) mass is 214 g/mol. The van der Waals surface area contributed by atoms with Crippen molar-refractivity contribution in [1.29, 1.82) is 0 Å². The maximum absolute atomic E-state index is 2.00. The van der Waals surface area contributed by atoms with Crippen LogP contribution in [0.1, 0.15) is 0 Å². The molecule has 0 fully saturated rings. The molecule has 0 spiro atoms. The minimum Gasteiger partial charge on any atom is -0.214 e. The molecular weight excluding hydrogens is 203 g/mol. The van der Waals surface area contributed by atoms with Gasteiger partial charge in [-0.05, 0) is 0 Å². The van der Waals surface area contributed by atoms with Crippen LogP contribution >= 0.6 is 12.4 Å². The van der Waals surface area contributed by atoms with Gasteiger partial charge in [0.15, 0.2) is 0 Å². The molecule has 0 amide bonds. The molecule has 0 radical (unpaired) electrons. The van der Waals surface area contributed by atoms with Crippen LogP contribution in [0.2, 0.25) is 0 Å². The first-order chi connectivity index (χ1) is 5.00. The van der Waals surface area contributed by atoms with Crippen LogP contribution in [-0.4, -0.2) is 0 Å². The number of rotatable bonds is 0. The summed E-state index contributed by atoms with van der Waals surface area (Å²) in [6.07, 6.45) is 0. The molecule has 0 heterocycles. The molecule has 2 aromatic carbocycles. The average molecular weight is 215 g/mol. The third kappa shape index (κ3) is 7.81. The summed E-state index contributed by atoms with van der Waals surface area (Å²) in [7, 11) is 0. The third-order valence-corrected chi connectivity index (χ3v) is 1.11. The van der Waals surface area contributed by atoms with E-state index in [4.69, 9.17) is 0 Å². The van der Waals surface area contributed by atoms with Gasteiger partial charge in [0, 0.05) is 0 Å². The van der Waals surface area contributed by atoms with Crippen LogP contribution in [0.25, 0.3) is 0 Å². The van der Waals surface area contributed by atoms with Crippen molar-refractivity contribution in [2.45, 2.75) is 0 Å². The van der Waals surface area contributed by atoms with E-state index in [-0.39, 0.29) is 34.1 Å². The second kappa shape index (κ2) is 10.7. The fourth-order valence-electron chi connectivity index (χ4n) is 0.642. The van der Waals surface area contributed by atoms with Crippen molar-refractivity contribution in [3.63, 3.8) is 0 Å². The maximum atomic E-state index is 2.00. The molecule has 0 N–H and O–H groups in total. The van der Waals surface area contributed by atoms with Crippen LogP contribution in [0, 0.1) is 0 Å². The quantitative estimate of drug-likeness (QED) is 0.467. The molecule has 0 aliphatic heterocycles. The van der Waals surface area contributed by atoms with Crippen molar-refractivity contribution < 1.29 is 21.7 Å². The Bertz CT molecular complexity index is 149. The Labute approximate surface area is 94.6 Å². The van der Waals surface area contributed by atoms with E-state index in [0.29, 0.717) is 0 Å². The molecule has 0 atom stereocenters. The molecule has 0 saturated carbocycles. The Kier molecular flexibility index (Phi) is 12.7. The summed E-state index contributed by atoms with van der Waals surface area (Å²) in [5.41, 5.74) is 0. The second-order valence-electron chi connectivity index (χ2n) is 1.92. The molecule has 62 valence electrons. The summed E-state index contributed by atoms with van der Waals surface area (Å²) in [6.45, 7) is 0. The van der Waals surface area contributed by atoms with E-state index >= 15 is 0 Å². The maximum Gasteiger partial charge on any atom is 2.00 e. The second-order valence-corrected chi connectivity index (χ2v) is 1.92. The van der Waals surface area contributed by atoms with Gasteiger partial charge >= 0.3 is 21.7 Å². The van der Waals surface area contributed by atoms with Crippen LogP contribution in [0.15, 0.2) is 60.7 Å². The molecular formula is C10H11ClTi. The summed E-state index contributed by atoms with van der Waals surface area (Å²) >= 11 is 0. The first-order valence-corrected chi connectivity index (χ1v) is 3.33. The Morgan fingerprint density at radius 1 is 0.583 bits per heavy atom. The van der Waals surface area contributed by atoms with E-state index in [1.165, 1.54) is 0 Å². The van der Waals surface area contributed by atoms with E-state index in [2.05, 4.69) is 0 Å². The first-order valence-electron chi connectivity index (χ1n) is 3.33. The number of hydrogen-bond acceptors (Lipinski definition) is 0. The van der Waals surface area contributed by atoms with Gasteiger partial charge in [-0.25, -0.2) is 24.3 Å². The Balaban J connectivity index is 0. The number of hydrogen-bond donors (Lipinski definition) is 0. The standard InChI is InChI=1S/2C5H5.ClH.Ti/c2*1-2-4-5-3-1;;/h2*1-5H;1H;/q2*-1;;+2. The van der Waals surface area contributed by atoms with Crippen LogP contribution in [0.4, 0.5) is 0 Å². The van der Waals surface area contributed by atoms with Crippen molar-refractivity contribution >= 4 is 12.4 Å². The van der Waals surface area contributed by atoms with Crippen molar-refractivity contribution in [3.8, 4) is 0 Å². The Hall–Kier alpha value is -0.296. The van der Waals surface area contributed by atoms with Crippen LogP contribution in [-0.2, 0) is 21.7 Å². The van der Waals surface area contributed by atoms with Crippen LogP contribution in [0.5, 0.6) is 0 Å². The van der Waals surface area contributed by atoms with Crippen LogP contribution in [0.3, 0.4) is 0 Å². The topological polar surface area (TPSA) is 0 Å². The van der Waals surface area contributed by atoms with Crippen LogP contribution < -0.4 is 0 Å². The van der Waals surface area contributed by atoms with Gasteiger partial charge in [-0.1, -0.05) is 0 Å². The predicted octanol–water partition coefficient (Wildman–Crippen LogP) is 3.23. The molecule has 0 bridgehead atoms. The van der Waals surface area contributed by atoms with E-state index in [0.717, 1.165) is 0 Å². The SMILES string of the molecule is Cl.[Ti+2].c1cc[cH-]c1.c1cc[cH-]c1. The van der Waals surface area contributed by atoms with Gasteiger partial charge in [-0.15, -0.1) is 12.4 Å². The van der Waals surface area contributed by atoms with Gasteiger partial charge in [0.25, 0.3) is 0 Å². The molecule has 2 aromatic rings. The summed E-state index contributed by atoms with van der Waals surface area (Å²) in [4.78, 5) is 0. The number of halogens is 1. The fraction of sp³-hybridized carbons (Fsp3) is 0. The zero-order chi connectivity index (χ0) is 7.07.